The lowest BCUT2D eigenvalue weighted by Crippen LogP contribution is -2.41. The van der Waals surface area contributed by atoms with Gasteiger partial charge in [0.25, 0.3) is 0 Å². The molecule has 0 radical (unpaired) electrons. The topological polar surface area (TPSA) is 39.1 Å². The van der Waals surface area contributed by atoms with Gasteiger partial charge in [0, 0.05) is 12.1 Å². The van der Waals surface area contributed by atoms with E-state index >= 15 is 0 Å². The molecule has 4 heteroatoms. The Morgan fingerprint density at radius 1 is 1.39 bits per heavy atom. The molecule has 1 heterocycles. The van der Waals surface area contributed by atoms with Crippen molar-refractivity contribution in [1.29, 1.82) is 0 Å². The molecule has 104 valence electrons. The molecule has 1 aromatic rings. The van der Waals surface area contributed by atoms with Gasteiger partial charge in [0.1, 0.15) is 0 Å². The number of nitrogens with zero attached hydrogens (tertiary/aromatic N) is 2. The van der Waals surface area contributed by atoms with Crippen LogP contribution in [0.5, 0.6) is 5.75 Å². The van der Waals surface area contributed by atoms with Crippen molar-refractivity contribution in [2.45, 2.75) is 65.6 Å². The number of hydrogen-bond donors (Lipinski definition) is 1. The number of nitrogens with one attached hydrogen (secondary N) is 1. The van der Waals surface area contributed by atoms with Crippen molar-refractivity contribution >= 4 is 0 Å². The van der Waals surface area contributed by atoms with Gasteiger partial charge < -0.3 is 10.1 Å². The molecule has 0 amide bonds. The van der Waals surface area contributed by atoms with Crippen LogP contribution in [-0.4, -0.2) is 28.0 Å². The molecule has 1 unspecified atom stereocenters. The number of aromatic nitrogens is 2. The van der Waals surface area contributed by atoms with E-state index < -0.39 is 0 Å². The van der Waals surface area contributed by atoms with Gasteiger partial charge in [0.2, 0.25) is 0 Å². The molecule has 0 aliphatic rings. The second kappa shape index (κ2) is 6.23. The summed E-state index contributed by atoms with van der Waals surface area (Å²) in [7, 11) is 0. The van der Waals surface area contributed by atoms with Crippen LogP contribution in [0.25, 0.3) is 0 Å². The molecule has 4 nitrogen and oxygen atoms in total. The maximum atomic E-state index is 5.61. The lowest BCUT2D eigenvalue weighted by atomic mass is 10.0. The van der Waals surface area contributed by atoms with Crippen molar-refractivity contribution in [3.05, 3.63) is 12.4 Å². The molecule has 0 saturated carbocycles. The van der Waals surface area contributed by atoms with Crippen LogP contribution in [0.4, 0.5) is 0 Å². The van der Waals surface area contributed by atoms with E-state index in [2.05, 4.69) is 38.1 Å². The molecule has 0 bridgehead atoms. The number of hydrogen-bond acceptors (Lipinski definition) is 3. The van der Waals surface area contributed by atoms with Crippen molar-refractivity contribution in [2.24, 2.45) is 0 Å². The summed E-state index contributed by atoms with van der Waals surface area (Å²) in [6, 6.07) is 0.320. The zero-order valence-corrected chi connectivity index (χ0v) is 12.5. The zero-order valence-electron chi connectivity index (χ0n) is 12.5. The maximum absolute atomic E-state index is 5.61. The van der Waals surface area contributed by atoms with E-state index in [0.29, 0.717) is 6.04 Å². The van der Waals surface area contributed by atoms with Gasteiger partial charge in [-0.3, -0.25) is 4.68 Å². The third-order valence-corrected chi connectivity index (χ3v) is 3.16. The van der Waals surface area contributed by atoms with E-state index in [1.807, 2.05) is 24.7 Å². The Morgan fingerprint density at radius 3 is 2.61 bits per heavy atom. The molecule has 1 N–H and O–H groups in total. The standard InChI is InChI=1S/C14H27N3O/c1-7-14(5,6)15-8-12(4)17-10-13(9-16-17)18-11(2)3/h9-12,15H,7-8H2,1-6H3. The number of rotatable bonds is 7. The summed E-state index contributed by atoms with van der Waals surface area (Å²) in [4.78, 5) is 0. The van der Waals surface area contributed by atoms with Gasteiger partial charge in [-0.05, 0) is 41.0 Å². The van der Waals surface area contributed by atoms with E-state index in [0.717, 1.165) is 18.7 Å². The van der Waals surface area contributed by atoms with Crippen molar-refractivity contribution in [3.63, 3.8) is 0 Å². The molecule has 1 rings (SSSR count). The molecule has 0 spiro atoms. The molecule has 18 heavy (non-hydrogen) atoms. The summed E-state index contributed by atoms with van der Waals surface area (Å²) < 4.78 is 7.56. The van der Waals surface area contributed by atoms with Crippen molar-refractivity contribution < 1.29 is 4.74 Å². The molecule has 0 fully saturated rings. The first-order valence-electron chi connectivity index (χ1n) is 6.80. The van der Waals surface area contributed by atoms with Crippen LogP contribution in [0.3, 0.4) is 0 Å². The highest BCUT2D eigenvalue weighted by Crippen LogP contribution is 2.15. The highest BCUT2D eigenvalue weighted by molar-refractivity contribution is 5.12. The van der Waals surface area contributed by atoms with Gasteiger partial charge in [0.05, 0.1) is 24.5 Å². The van der Waals surface area contributed by atoms with Crippen LogP contribution in [0.1, 0.15) is 54.0 Å². The average Bonchev–Trinajstić information content (AvgIpc) is 2.73. The van der Waals surface area contributed by atoms with E-state index in [1.165, 1.54) is 0 Å². The summed E-state index contributed by atoms with van der Waals surface area (Å²) in [5, 5.41) is 7.90. The Morgan fingerprint density at radius 2 is 2.06 bits per heavy atom. The molecule has 0 saturated heterocycles. The summed E-state index contributed by atoms with van der Waals surface area (Å²) in [5.41, 5.74) is 0.179. The average molecular weight is 253 g/mol. The van der Waals surface area contributed by atoms with Gasteiger partial charge >= 0.3 is 0 Å². The Kier molecular flexibility index (Phi) is 5.20. The second-order valence-corrected chi connectivity index (χ2v) is 5.79. The van der Waals surface area contributed by atoms with E-state index in [-0.39, 0.29) is 11.6 Å². The largest absolute Gasteiger partial charge is 0.488 e. The van der Waals surface area contributed by atoms with E-state index in [9.17, 15) is 0 Å². The smallest absolute Gasteiger partial charge is 0.157 e. The quantitative estimate of drug-likeness (QED) is 0.812. The second-order valence-electron chi connectivity index (χ2n) is 5.79. The highest BCUT2D eigenvalue weighted by atomic mass is 16.5. The summed E-state index contributed by atoms with van der Waals surface area (Å²) in [6.07, 6.45) is 5.04. The normalized spacial score (nSPS) is 13.9. The third-order valence-electron chi connectivity index (χ3n) is 3.16. The Bertz CT molecular complexity index is 358. The first kappa shape index (κ1) is 15.0. The Hall–Kier alpha value is -1.03. The van der Waals surface area contributed by atoms with Gasteiger partial charge in [-0.1, -0.05) is 6.92 Å². The van der Waals surface area contributed by atoms with E-state index in [1.54, 1.807) is 6.20 Å². The minimum absolute atomic E-state index is 0.179. The van der Waals surface area contributed by atoms with Crippen LogP contribution >= 0.6 is 0 Å². The van der Waals surface area contributed by atoms with Gasteiger partial charge in [-0.25, -0.2) is 0 Å². The fourth-order valence-corrected chi connectivity index (χ4v) is 1.54. The lowest BCUT2D eigenvalue weighted by molar-refractivity contribution is 0.241. The first-order chi connectivity index (χ1) is 8.34. The molecule has 0 aliphatic heterocycles. The van der Waals surface area contributed by atoms with Crippen molar-refractivity contribution in [2.75, 3.05) is 6.54 Å². The maximum Gasteiger partial charge on any atom is 0.157 e. The molecular weight excluding hydrogens is 226 g/mol. The van der Waals surface area contributed by atoms with Crippen LogP contribution < -0.4 is 10.1 Å². The highest BCUT2D eigenvalue weighted by Gasteiger charge is 2.16. The van der Waals surface area contributed by atoms with Crippen molar-refractivity contribution in [3.8, 4) is 5.75 Å². The SMILES string of the molecule is CCC(C)(C)NCC(C)n1cc(OC(C)C)cn1. The third kappa shape index (κ3) is 4.69. The van der Waals surface area contributed by atoms with E-state index in [4.69, 9.17) is 4.74 Å². The van der Waals surface area contributed by atoms with Crippen LogP contribution in [0, 0.1) is 0 Å². The summed E-state index contributed by atoms with van der Waals surface area (Å²) in [6.45, 7) is 13.7. The predicted octanol–water partition coefficient (Wildman–Crippen LogP) is 3.01. The molecule has 1 aromatic heterocycles. The first-order valence-corrected chi connectivity index (χ1v) is 6.80. The summed E-state index contributed by atoms with van der Waals surface area (Å²) >= 11 is 0. The Balaban J connectivity index is 2.51. The fraction of sp³-hybridized carbons (Fsp3) is 0.786. The summed E-state index contributed by atoms with van der Waals surface area (Å²) in [5.74, 6) is 0.839. The van der Waals surface area contributed by atoms with Gasteiger partial charge in [-0.2, -0.15) is 5.10 Å². The molecule has 1 atom stereocenters. The van der Waals surface area contributed by atoms with Crippen LogP contribution in [0.2, 0.25) is 0 Å². The Labute approximate surface area is 111 Å². The molecule has 0 aromatic carbocycles. The monoisotopic (exact) mass is 253 g/mol. The van der Waals surface area contributed by atoms with Gasteiger partial charge in [-0.15, -0.1) is 0 Å². The minimum atomic E-state index is 0.179. The van der Waals surface area contributed by atoms with Crippen molar-refractivity contribution in [1.82, 2.24) is 15.1 Å². The lowest BCUT2D eigenvalue weighted by Gasteiger charge is -2.26. The fourth-order valence-electron chi connectivity index (χ4n) is 1.54. The molecule has 0 aliphatic carbocycles. The van der Waals surface area contributed by atoms with Gasteiger partial charge in [0.15, 0.2) is 5.75 Å². The predicted molar refractivity (Wildman–Crippen MR) is 75.1 cm³/mol. The van der Waals surface area contributed by atoms with Crippen LogP contribution in [0.15, 0.2) is 12.4 Å². The molecular formula is C14H27N3O. The minimum Gasteiger partial charge on any atom is -0.488 e. The zero-order chi connectivity index (χ0) is 13.8. The number of ether oxygens (including phenoxy) is 1. The van der Waals surface area contributed by atoms with Crippen LogP contribution in [-0.2, 0) is 0 Å².